The highest BCUT2D eigenvalue weighted by Crippen LogP contribution is 2.24. The van der Waals surface area contributed by atoms with Crippen LogP contribution in [-0.4, -0.2) is 20.9 Å². The minimum atomic E-state index is -3.80. The maximum Gasteiger partial charge on any atom is 0.262 e. The zero-order valence-electron chi connectivity index (χ0n) is 15.9. The van der Waals surface area contributed by atoms with Gasteiger partial charge >= 0.3 is 0 Å². The molecule has 140 valence electrons. The first kappa shape index (κ1) is 20.0. The molecule has 1 amide bonds. The Hall–Kier alpha value is -2.34. The molecule has 2 rings (SSSR count). The smallest absolute Gasteiger partial charge is 0.262 e. The summed E-state index contributed by atoms with van der Waals surface area (Å²) in [6.07, 6.45) is 0. The number of aryl methyl sites for hydroxylation is 2. The fraction of sp³-hybridized carbons (Fsp3) is 0.350. The Bertz CT molecular complexity index is 919. The summed E-state index contributed by atoms with van der Waals surface area (Å²) in [5.41, 5.74) is 3.34. The van der Waals surface area contributed by atoms with E-state index in [0.29, 0.717) is 29.3 Å². The van der Waals surface area contributed by atoms with Gasteiger partial charge < -0.3 is 5.32 Å². The second-order valence-corrected chi connectivity index (χ2v) is 8.59. The van der Waals surface area contributed by atoms with Crippen molar-refractivity contribution in [3.63, 3.8) is 0 Å². The monoisotopic (exact) mass is 374 g/mol. The summed E-state index contributed by atoms with van der Waals surface area (Å²) in [6, 6.07) is 10.2. The first-order valence-corrected chi connectivity index (χ1v) is 10.1. The number of rotatable bonds is 6. The molecule has 0 fully saturated rings. The first-order valence-electron chi connectivity index (χ1n) is 8.59. The third-order valence-electron chi connectivity index (χ3n) is 4.26. The molecular weight excluding hydrogens is 348 g/mol. The van der Waals surface area contributed by atoms with Crippen molar-refractivity contribution in [2.24, 2.45) is 5.92 Å². The number of hydrogen-bond acceptors (Lipinski definition) is 3. The molecule has 26 heavy (non-hydrogen) atoms. The quantitative estimate of drug-likeness (QED) is 0.807. The summed E-state index contributed by atoms with van der Waals surface area (Å²) in [6.45, 7) is 10.1. The highest BCUT2D eigenvalue weighted by atomic mass is 32.2. The maximum absolute atomic E-state index is 12.9. The van der Waals surface area contributed by atoms with Crippen molar-refractivity contribution in [1.29, 1.82) is 0 Å². The Balaban J connectivity index is 2.35. The minimum Gasteiger partial charge on any atom is -0.352 e. The van der Waals surface area contributed by atoms with Crippen molar-refractivity contribution < 1.29 is 13.2 Å². The Morgan fingerprint density at radius 2 is 1.73 bits per heavy atom. The topological polar surface area (TPSA) is 75.3 Å². The number of anilines is 1. The van der Waals surface area contributed by atoms with E-state index in [-0.39, 0.29) is 10.8 Å². The van der Waals surface area contributed by atoms with Crippen molar-refractivity contribution in [2.45, 2.75) is 39.5 Å². The zero-order chi connectivity index (χ0) is 19.5. The number of carbonyl (C=O) groups is 1. The molecule has 0 atom stereocenters. The lowest BCUT2D eigenvalue weighted by molar-refractivity contribution is 0.0949. The zero-order valence-corrected chi connectivity index (χ0v) is 16.7. The predicted octanol–water partition coefficient (Wildman–Crippen LogP) is 3.80. The number of carbonyl (C=O) groups excluding carboxylic acids is 1. The lowest BCUT2D eigenvalue weighted by Gasteiger charge is -2.15. The van der Waals surface area contributed by atoms with Gasteiger partial charge in [0.2, 0.25) is 0 Å². The predicted molar refractivity (Wildman–Crippen MR) is 105 cm³/mol. The van der Waals surface area contributed by atoms with Crippen LogP contribution in [0.25, 0.3) is 0 Å². The van der Waals surface area contributed by atoms with Crippen molar-refractivity contribution >= 4 is 21.6 Å². The Kier molecular flexibility index (Phi) is 6.08. The summed E-state index contributed by atoms with van der Waals surface area (Å²) in [7, 11) is -3.80. The van der Waals surface area contributed by atoms with Crippen LogP contribution in [-0.2, 0) is 10.0 Å². The van der Waals surface area contributed by atoms with Gasteiger partial charge in [-0.3, -0.25) is 9.52 Å². The van der Waals surface area contributed by atoms with Crippen molar-refractivity contribution in [2.75, 3.05) is 11.3 Å². The van der Waals surface area contributed by atoms with Crippen LogP contribution in [0.3, 0.4) is 0 Å². The highest BCUT2D eigenvalue weighted by molar-refractivity contribution is 7.92. The van der Waals surface area contributed by atoms with Crippen LogP contribution >= 0.6 is 0 Å². The number of amides is 1. The second-order valence-electron chi connectivity index (χ2n) is 6.94. The Morgan fingerprint density at radius 3 is 2.38 bits per heavy atom. The fourth-order valence-electron chi connectivity index (χ4n) is 2.49. The summed E-state index contributed by atoms with van der Waals surface area (Å²) in [4.78, 5) is 12.4. The van der Waals surface area contributed by atoms with E-state index in [0.717, 1.165) is 11.1 Å². The number of benzene rings is 2. The molecule has 5 nitrogen and oxygen atoms in total. The standard InChI is InChI=1S/C20H26N2O3S/c1-13(2)12-21-20(23)17-10-9-15(4)19(11-17)26(24,25)22-18-8-6-7-14(3)16(18)5/h6-11,13,22H,12H2,1-5H3,(H,21,23). The largest absolute Gasteiger partial charge is 0.352 e. The normalized spacial score (nSPS) is 11.5. The summed E-state index contributed by atoms with van der Waals surface area (Å²) in [5, 5.41) is 2.81. The van der Waals surface area contributed by atoms with Crippen LogP contribution in [0.4, 0.5) is 5.69 Å². The van der Waals surface area contributed by atoms with Gasteiger partial charge in [0.05, 0.1) is 10.6 Å². The Labute approximate surface area is 155 Å². The third kappa shape index (κ3) is 4.64. The van der Waals surface area contributed by atoms with Gasteiger partial charge in [-0.25, -0.2) is 8.42 Å². The molecule has 0 aliphatic heterocycles. The lowest BCUT2D eigenvalue weighted by Crippen LogP contribution is -2.27. The van der Waals surface area contributed by atoms with Crippen molar-refractivity contribution in [3.8, 4) is 0 Å². The number of sulfonamides is 1. The molecule has 0 aromatic heterocycles. The van der Waals surface area contributed by atoms with Crippen LogP contribution in [0.5, 0.6) is 0 Å². The maximum atomic E-state index is 12.9. The van der Waals surface area contributed by atoms with Crippen LogP contribution < -0.4 is 10.0 Å². The molecule has 2 N–H and O–H groups in total. The van der Waals surface area contributed by atoms with E-state index in [1.165, 1.54) is 6.07 Å². The van der Waals surface area contributed by atoms with E-state index in [4.69, 9.17) is 0 Å². The number of nitrogens with one attached hydrogen (secondary N) is 2. The van der Waals surface area contributed by atoms with Gasteiger partial charge in [-0.15, -0.1) is 0 Å². The van der Waals surface area contributed by atoms with E-state index in [2.05, 4.69) is 10.0 Å². The molecule has 0 radical (unpaired) electrons. The van der Waals surface area contributed by atoms with Crippen LogP contribution in [0.1, 0.15) is 40.9 Å². The summed E-state index contributed by atoms with van der Waals surface area (Å²) >= 11 is 0. The van der Waals surface area contributed by atoms with Gasteiger partial charge in [-0.2, -0.15) is 0 Å². The number of hydrogen-bond donors (Lipinski definition) is 2. The molecule has 0 heterocycles. The van der Waals surface area contributed by atoms with Crippen LogP contribution in [0, 0.1) is 26.7 Å². The SMILES string of the molecule is Cc1ccc(C(=O)NCC(C)C)cc1S(=O)(=O)Nc1cccc(C)c1C. The molecule has 6 heteroatoms. The van der Waals surface area contributed by atoms with Gasteiger partial charge in [-0.1, -0.05) is 32.0 Å². The van der Waals surface area contributed by atoms with Crippen LogP contribution in [0.15, 0.2) is 41.3 Å². The highest BCUT2D eigenvalue weighted by Gasteiger charge is 2.20. The van der Waals surface area contributed by atoms with Crippen molar-refractivity contribution in [1.82, 2.24) is 5.32 Å². The first-order chi connectivity index (χ1) is 12.1. The molecule has 2 aromatic rings. The van der Waals surface area contributed by atoms with Gasteiger partial charge in [0.1, 0.15) is 0 Å². The van der Waals surface area contributed by atoms with Gasteiger partial charge in [-0.05, 0) is 61.6 Å². The summed E-state index contributed by atoms with van der Waals surface area (Å²) < 4.78 is 28.4. The molecule has 2 aromatic carbocycles. The molecule has 0 unspecified atom stereocenters. The fourth-order valence-corrected chi connectivity index (χ4v) is 3.89. The van der Waals surface area contributed by atoms with Crippen molar-refractivity contribution in [3.05, 3.63) is 58.7 Å². The average Bonchev–Trinajstić information content (AvgIpc) is 2.57. The van der Waals surface area contributed by atoms with E-state index in [1.54, 1.807) is 25.1 Å². The van der Waals surface area contributed by atoms with Crippen LogP contribution in [0.2, 0.25) is 0 Å². The average molecular weight is 375 g/mol. The van der Waals surface area contributed by atoms with Gasteiger partial charge in [0.25, 0.3) is 15.9 Å². The molecule has 0 aliphatic carbocycles. The van der Waals surface area contributed by atoms with Gasteiger partial charge in [0, 0.05) is 12.1 Å². The molecule has 0 saturated heterocycles. The molecular formula is C20H26N2O3S. The van der Waals surface area contributed by atoms with E-state index in [9.17, 15) is 13.2 Å². The molecule has 0 spiro atoms. The minimum absolute atomic E-state index is 0.107. The molecule has 0 aliphatic rings. The lowest BCUT2D eigenvalue weighted by atomic mass is 10.1. The second kappa shape index (κ2) is 7.91. The summed E-state index contributed by atoms with van der Waals surface area (Å²) in [5.74, 6) is 0.0421. The van der Waals surface area contributed by atoms with E-state index < -0.39 is 10.0 Å². The molecule has 0 saturated carbocycles. The Morgan fingerprint density at radius 1 is 1.04 bits per heavy atom. The third-order valence-corrected chi connectivity index (χ3v) is 5.77. The molecule has 0 bridgehead atoms. The van der Waals surface area contributed by atoms with Gasteiger partial charge in [0.15, 0.2) is 0 Å². The van der Waals surface area contributed by atoms with E-state index in [1.807, 2.05) is 39.8 Å². The van der Waals surface area contributed by atoms with E-state index >= 15 is 0 Å².